The summed E-state index contributed by atoms with van der Waals surface area (Å²) in [6.45, 7) is 8.35. The SMILES string of the molecule is CC.CCCCCC(CC)Nc1nc(Cl)nc(NC2=CCC=C(OC)C(Cl)=C2)n1. The third-order valence-electron chi connectivity index (χ3n) is 4.22. The average molecular weight is 442 g/mol. The number of halogens is 2. The molecule has 29 heavy (non-hydrogen) atoms. The Morgan fingerprint density at radius 1 is 1.07 bits per heavy atom. The van der Waals surface area contributed by atoms with E-state index in [1.165, 1.54) is 19.3 Å². The van der Waals surface area contributed by atoms with E-state index >= 15 is 0 Å². The van der Waals surface area contributed by atoms with E-state index in [-0.39, 0.29) is 5.28 Å². The summed E-state index contributed by atoms with van der Waals surface area (Å²) in [7, 11) is 1.59. The predicted molar refractivity (Wildman–Crippen MR) is 123 cm³/mol. The van der Waals surface area contributed by atoms with Gasteiger partial charge in [0, 0.05) is 11.7 Å². The summed E-state index contributed by atoms with van der Waals surface area (Å²) in [5.74, 6) is 1.48. The Bertz CT molecular complexity index is 719. The van der Waals surface area contributed by atoms with Gasteiger partial charge < -0.3 is 15.4 Å². The van der Waals surface area contributed by atoms with E-state index in [1.54, 1.807) is 13.2 Å². The quantitative estimate of drug-likeness (QED) is 0.394. The predicted octanol–water partition coefficient (Wildman–Crippen LogP) is 6.67. The molecular formula is C21H33Cl2N5O. The van der Waals surface area contributed by atoms with E-state index in [2.05, 4.69) is 39.4 Å². The van der Waals surface area contributed by atoms with Gasteiger partial charge in [0.15, 0.2) is 0 Å². The lowest BCUT2D eigenvalue weighted by Gasteiger charge is -2.17. The molecule has 1 aliphatic carbocycles. The smallest absolute Gasteiger partial charge is 0.233 e. The van der Waals surface area contributed by atoms with Crippen LogP contribution in [0.1, 0.15) is 66.2 Å². The van der Waals surface area contributed by atoms with Crippen LogP contribution in [0, 0.1) is 0 Å². The van der Waals surface area contributed by atoms with Gasteiger partial charge in [-0.2, -0.15) is 15.0 Å². The molecule has 0 bridgehead atoms. The first-order chi connectivity index (χ1) is 14.0. The number of methoxy groups -OCH3 is 1. The highest BCUT2D eigenvalue weighted by atomic mass is 35.5. The molecule has 0 saturated heterocycles. The van der Waals surface area contributed by atoms with Crippen LogP contribution in [0.4, 0.5) is 11.9 Å². The number of nitrogens with one attached hydrogen (secondary N) is 2. The molecule has 1 unspecified atom stereocenters. The molecule has 0 radical (unpaired) electrons. The Morgan fingerprint density at radius 3 is 2.45 bits per heavy atom. The lowest BCUT2D eigenvalue weighted by molar-refractivity contribution is 0.303. The van der Waals surface area contributed by atoms with Crippen molar-refractivity contribution in [1.29, 1.82) is 0 Å². The maximum atomic E-state index is 6.25. The van der Waals surface area contributed by atoms with E-state index in [9.17, 15) is 0 Å². The van der Waals surface area contributed by atoms with Crippen LogP contribution in [0.25, 0.3) is 0 Å². The average Bonchev–Trinajstić information content (AvgIpc) is 2.88. The van der Waals surface area contributed by atoms with Gasteiger partial charge in [-0.25, -0.2) is 0 Å². The van der Waals surface area contributed by atoms with Gasteiger partial charge >= 0.3 is 0 Å². The number of unbranched alkanes of at least 4 members (excludes halogenated alkanes) is 2. The zero-order valence-corrected chi connectivity index (χ0v) is 19.6. The van der Waals surface area contributed by atoms with Crippen molar-refractivity contribution < 1.29 is 4.74 Å². The van der Waals surface area contributed by atoms with Crippen molar-refractivity contribution in [3.8, 4) is 0 Å². The van der Waals surface area contributed by atoms with Crippen molar-refractivity contribution in [2.24, 2.45) is 0 Å². The van der Waals surface area contributed by atoms with Crippen molar-refractivity contribution in [2.45, 2.75) is 72.3 Å². The second kappa shape index (κ2) is 14.2. The third kappa shape index (κ3) is 9.05. The zero-order valence-electron chi connectivity index (χ0n) is 18.1. The summed E-state index contributed by atoms with van der Waals surface area (Å²) in [5, 5.41) is 7.16. The number of rotatable bonds is 10. The molecule has 6 nitrogen and oxygen atoms in total. The van der Waals surface area contributed by atoms with Gasteiger partial charge in [-0.1, -0.05) is 64.6 Å². The number of hydrogen-bond donors (Lipinski definition) is 2. The molecule has 1 aromatic heterocycles. The molecule has 0 saturated carbocycles. The fourth-order valence-corrected chi connectivity index (χ4v) is 3.16. The first-order valence-electron chi connectivity index (χ1n) is 10.3. The largest absolute Gasteiger partial charge is 0.496 e. The normalized spacial score (nSPS) is 14.4. The van der Waals surface area contributed by atoms with Crippen LogP contribution in [-0.4, -0.2) is 28.1 Å². The molecule has 0 amide bonds. The molecule has 1 aromatic rings. The number of ether oxygens (including phenoxy) is 1. The lowest BCUT2D eigenvalue weighted by atomic mass is 10.1. The molecule has 162 valence electrons. The van der Waals surface area contributed by atoms with Crippen LogP contribution in [0.15, 0.2) is 34.7 Å². The van der Waals surface area contributed by atoms with E-state index in [4.69, 9.17) is 27.9 Å². The van der Waals surface area contributed by atoms with Crippen molar-refractivity contribution in [2.75, 3.05) is 17.7 Å². The number of nitrogens with zero attached hydrogens (tertiary/aromatic N) is 3. The van der Waals surface area contributed by atoms with Gasteiger partial charge in [-0.15, -0.1) is 0 Å². The molecule has 0 aliphatic heterocycles. The van der Waals surface area contributed by atoms with E-state index in [0.29, 0.717) is 35.2 Å². The summed E-state index contributed by atoms with van der Waals surface area (Å²) < 4.78 is 5.24. The summed E-state index contributed by atoms with van der Waals surface area (Å²) in [4.78, 5) is 12.8. The number of anilines is 2. The molecule has 0 spiro atoms. The molecule has 1 atom stereocenters. The molecule has 8 heteroatoms. The molecule has 0 aromatic carbocycles. The first kappa shape index (κ1) is 25.2. The highest BCUT2D eigenvalue weighted by Gasteiger charge is 2.12. The molecule has 2 N–H and O–H groups in total. The highest BCUT2D eigenvalue weighted by Crippen LogP contribution is 2.23. The van der Waals surface area contributed by atoms with Gasteiger partial charge in [0.25, 0.3) is 0 Å². The fourth-order valence-electron chi connectivity index (χ4n) is 2.73. The van der Waals surface area contributed by atoms with Crippen LogP contribution in [0.5, 0.6) is 0 Å². The fraction of sp³-hybridized carbons (Fsp3) is 0.571. The standard InChI is InChI=1S/C19H27Cl2N5O.C2H6/c1-4-6-7-9-13(5-2)22-18-24-17(21)25-19(26-18)23-14-10-8-11-16(27-3)15(20)12-14;1-2/h10-13H,4-9H2,1-3H3,(H2,22,23,24,25,26);1-2H3. The monoisotopic (exact) mass is 441 g/mol. The Kier molecular flexibility index (Phi) is 12.4. The van der Waals surface area contributed by atoms with Crippen LogP contribution in [0.2, 0.25) is 5.28 Å². The minimum atomic E-state index is 0.137. The van der Waals surface area contributed by atoms with Gasteiger partial charge in [-0.3, -0.25) is 0 Å². The van der Waals surface area contributed by atoms with Gasteiger partial charge in [0.05, 0.1) is 12.1 Å². The molecule has 1 heterocycles. The topological polar surface area (TPSA) is 72.0 Å². The van der Waals surface area contributed by atoms with Gasteiger partial charge in [0.2, 0.25) is 17.2 Å². The Labute approximate surface area is 184 Å². The third-order valence-corrected chi connectivity index (χ3v) is 4.69. The molecular weight excluding hydrogens is 409 g/mol. The second-order valence-electron chi connectivity index (χ2n) is 6.28. The van der Waals surface area contributed by atoms with E-state index in [1.807, 2.05) is 26.0 Å². The Morgan fingerprint density at radius 2 is 1.79 bits per heavy atom. The lowest BCUT2D eigenvalue weighted by Crippen LogP contribution is -2.20. The molecule has 2 rings (SSSR count). The van der Waals surface area contributed by atoms with Crippen LogP contribution in [-0.2, 0) is 4.74 Å². The number of aromatic nitrogens is 3. The Balaban J connectivity index is 0.00000204. The highest BCUT2D eigenvalue weighted by molar-refractivity contribution is 6.32. The van der Waals surface area contributed by atoms with Crippen LogP contribution in [0.3, 0.4) is 0 Å². The summed E-state index contributed by atoms with van der Waals surface area (Å²) >= 11 is 12.3. The second-order valence-corrected chi connectivity index (χ2v) is 7.03. The van der Waals surface area contributed by atoms with E-state index < -0.39 is 0 Å². The molecule has 0 fully saturated rings. The number of hydrogen-bond acceptors (Lipinski definition) is 6. The summed E-state index contributed by atoms with van der Waals surface area (Å²) in [6, 6.07) is 0.308. The maximum Gasteiger partial charge on any atom is 0.233 e. The van der Waals surface area contributed by atoms with Crippen LogP contribution < -0.4 is 10.6 Å². The van der Waals surface area contributed by atoms with Crippen molar-refractivity contribution >= 4 is 35.1 Å². The van der Waals surface area contributed by atoms with E-state index in [0.717, 1.165) is 18.5 Å². The minimum Gasteiger partial charge on any atom is -0.496 e. The zero-order chi connectivity index (χ0) is 21.6. The first-order valence-corrected chi connectivity index (χ1v) is 11.1. The van der Waals surface area contributed by atoms with Crippen molar-refractivity contribution in [1.82, 2.24) is 15.0 Å². The summed E-state index contributed by atoms with van der Waals surface area (Å²) in [6.07, 6.45) is 12.0. The number of allylic oxidation sites excluding steroid dienone is 4. The van der Waals surface area contributed by atoms with Crippen molar-refractivity contribution in [3.63, 3.8) is 0 Å². The summed E-state index contributed by atoms with van der Waals surface area (Å²) in [5.41, 5.74) is 0.770. The van der Waals surface area contributed by atoms with Gasteiger partial charge in [0.1, 0.15) is 5.76 Å². The van der Waals surface area contributed by atoms with Crippen LogP contribution >= 0.6 is 23.2 Å². The minimum absolute atomic E-state index is 0.137. The maximum absolute atomic E-state index is 6.25. The Hall–Kier alpha value is -1.79. The molecule has 1 aliphatic rings. The van der Waals surface area contributed by atoms with Crippen molar-refractivity contribution in [3.05, 3.63) is 40.0 Å². The van der Waals surface area contributed by atoms with Gasteiger partial charge in [-0.05, 0) is 43.0 Å².